The van der Waals surface area contributed by atoms with Gasteiger partial charge in [0.05, 0.1) is 13.2 Å². The fourth-order valence-electron chi connectivity index (χ4n) is 0.973. The van der Waals surface area contributed by atoms with Crippen molar-refractivity contribution in [3.8, 4) is 0 Å². The Morgan fingerprint density at radius 3 is 2.50 bits per heavy atom. The average molecular weight is 174 g/mol. The maximum atomic E-state index is 10.9. The van der Waals surface area contributed by atoms with Crippen LogP contribution in [0.5, 0.6) is 0 Å². The van der Waals surface area contributed by atoms with Crippen molar-refractivity contribution < 1.29 is 24.5 Å². The third-order valence-corrected chi connectivity index (χ3v) is 1.56. The molecule has 5 heteroatoms. The number of aliphatic hydroxyl groups is 2. The molecule has 0 amide bonds. The molecule has 5 nitrogen and oxygen atoms in total. The first-order chi connectivity index (χ1) is 5.57. The largest absolute Gasteiger partial charge is 0.505 e. The molecule has 12 heavy (non-hydrogen) atoms. The fraction of sp³-hybridized carbons (Fsp3) is 0.571. The number of methoxy groups -OCH3 is 1. The van der Waals surface area contributed by atoms with E-state index in [1.807, 2.05) is 0 Å². The highest BCUT2D eigenvalue weighted by atomic mass is 16.6. The first-order valence-electron chi connectivity index (χ1n) is 3.44. The summed E-state index contributed by atoms with van der Waals surface area (Å²) in [6.07, 6.45) is -1.94. The maximum absolute atomic E-state index is 10.9. The zero-order chi connectivity index (χ0) is 9.30. The van der Waals surface area contributed by atoms with Gasteiger partial charge >= 0.3 is 5.97 Å². The highest BCUT2D eigenvalue weighted by molar-refractivity contribution is 5.89. The quantitative estimate of drug-likeness (QED) is 0.562. The molecule has 2 N–H and O–H groups in total. The number of hydrogen-bond acceptors (Lipinski definition) is 5. The van der Waals surface area contributed by atoms with E-state index in [2.05, 4.69) is 9.47 Å². The summed E-state index contributed by atoms with van der Waals surface area (Å²) in [7, 11) is 1.25. The Bertz CT molecular complexity index is 230. The lowest BCUT2D eigenvalue weighted by Crippen LogP contribution is -2.25. The summed E-state index contributed by atoms with van der Waals surface area (Å²) >= 11 is 0. The predicted octanol–water partition coefficient (Wildman–Crippen LogP) is -0.291. The van der Waals surface area contributed by atoms with Crippen molar-refractivity contribution in [3.05, 3.63) is 11.5 Å². The molecule has 1 rings (SSSR count). The molecule has 0 fully saturated rings. The normalized spacial score (nSPS) is 25.6. The van der Waals surface area contributed by atoms with Crippen molar-refractivity contribution in [1.82, 2.24) is 0 Å². The first kappa shape index (κ1) is 8.86. The van der Waals surface area contributed by atoms with Gasteiger partial charge in [0.25, 0.3) is 0 Å². The Labute approximate surface area is 69.2 Å². The van der Waals surface area contributed by atoms with E-state index in [0.29, 0.717) is 0 Å². The molecule has 0 bridgehead atoms. The Balaban J connectivity index is 2.89. The number of rotatable bonds is 2. The monoisotopic (exact) mass is 174 g/mol. The minimum absolute atomic E-state index is 0.235. The predicted molar refractivity (Wildman–Crippen MR) is 38.2 cm³/mol. The van der Waals surface area contributed by atoms with E-state index in [-0.39, 0.29) is 11.5 Å². The molecule has 1 heterocycles. The lowest BCUT2D eigenvalue weighted by atomic mass is 10.2. The lowest BCUT2D eigenvalue weighted by Gasteiger charge is -2.11. The van der Waals surface area contributed by atoms with E-state index >= 15 is 0 Å². The minimum Gasteiger partial charge on any atom is -0.505 e. The molecular formula is C7H10O5. The maximum Gasteiger partial charge on any atom is 0.378 e. The summed E-state index contributed by atoms with van der Waals surface area (Å²) in [5.74, 6) is -1.33. The molecule has 68 valence electrons. The third kappa shape index (κ3) is 1.23. The van der Waals surface area contributed by atoms with E-state index in [0.717, 1.165) is 0 Å². The molecule has 0 radical (unpaired) electrons. The zero-order valence-electron chi connectivity index (χ0n) is 6.77. The van der Waals surface area contributed by atoms with Gasteiger partial charge in [-0.15, -0.1) is 0 Å². The van der Waals surface area contributed by atoms with Crippen LogP contribution in [-0.4, -0.2) is 35.5 Å². The van der Waals surface area contributed by atoms with Crippen molar-refractivity contribution in [2.45, 2.75) is 19.1 Å². The number of aliphatic hydroxyl groups excluding tert-OH is 2. The Morgan fingerprint density at radius 2 is 2.25 bits per heavy atom. The Kier molecular flexibility index (Phi) is 2.23. The number of carbonyl (C=O) groups excluding carboxylic acids is 1. The van der Waals surface area contributed by atoms with Crippen LogP contribution in [0.2, 0.25) is 0 Å². The van der Waals surface area contributed by atoms with Crippen molar-refractivity contribution in [3.63, 3.8) is 0 Å². The van der Waals surface area contributed by atoms with Crippen LogP contribution in [-0.2, 0) is 14.3 Å². The van der Waals surface area contributed by atoms with E-state index in [1.165, 1.54) is 14.0 Å². The van der Waals surface area contributed by atoms with Gasteiger partial charge in [-0.05, 0) is 6.92 Å². The van der Waals surface area contributed by atoms with E-state index in [9.17, 15) is 9.90 Å². The lowest BCUT2D eigenvalue weighted by molar-refractivity contribution is -0.146. The summed E-state index contributed by atoms with van der Waals surface area (Å²) in [6.45, 7) is 1.41. The molecule has 0 aromatic rings. The van der Waals surface area contributed by atoms with Crippen molar-refractivity contribution >= 4 is 5.97 Å². The van der Waals surface area contributed by atoms with Crippen LogP contribution in [0.4, 0.5) is 0 Å². The van der Waals surface area contributed by atoms with Gasteiger partial charge in [0.15, 0.2) is 11.9 Å². The summed E-state index contributed by atoms with van der Waals surface area (Å²) in [5.41, 5.74) is 0. The second kappa shape index (κ2) is 3.02. The standard InChI is InChI=1S/C7H10O5/c1-3(8)5-4(9)6(11-2)7(10)12-5/h3,5,8-9H,1-2H3/t3-,5+/m0/s1. The second-order valence-electron chi connectivity index (χ2n) is 2.49. The van der Waals surface area contributed by atoms with Crippen LogP contribution in [0.25, 0.3) is 0 Å². The molecule has 0 aliphatic carbocycles. The molecule has 0 spiro atoms. The third-order valence-electron chi connectivity index (χ3n) is 1.56. The molecule has 0 aromatic heterocycles. The number of cyclic esters (lactones) is 1. The van der Waals surface area contributed by atoms with Crippen molar-refractivity contribution in [1.29, 1.82) is 0 Å². The first-order valence-corrected chi connectivity index (χ1v) is 3.44. The highest BCUT2D eigenvalue weighted by Crippen LogP contribution is 2.22. The molecular weight excluding hydrogens is 164 g/mol. The fourth-order valence-corrected chi connectivity index (χ4v) is 0.973. The topological polar surface area (TPSA) is 76.0 Å². The van der Waals surface area contributed by atoms with Crippen LogP contribution in [0, 0.1) is 0 Å². The summed E-state index contributed by atoms with van der Waals surface area (Å²) < 4.78 is 9.16. The van der Waals surface area contributed by atoms with Gasteiger partial charge in [-0.2, -0.15) is 0 Å². The van der Waals surface area contributed by atoms with Crippen LogP contribution < -0.4 is 0 Å². The van der Waals surface area contributed by atoms with Crippen molar-refractivity contribution in [2.75, 3.05) is 7.11 Å². The molecule has 0 saturated carbocycles. The number of ether oxygens (including phenoxy) is 2. The average Bonchev–Trinajstić information content (AvgIpc) is 2.27. The SMILES string of the molecule is COC1=C(O)[C@@H]([C@H](C)O)OC1=O. The van der Waals surface area contributed by atoms with Crippen molar-refractivity contribution in [2.24, 2.45) is 0 Å². The Hall–Kier alpha value is -1.23. The molecule has 1 aliphatic heterocycles. The van der Waals surface area contributed by atoms with Crippen LogP contribution >= 0.6 is 0 Å². The summed E-state index contributed by atoms with van der Waals surface area (Å²) in [6, 6.07) is 0. The smallest absolute Gasteiger partial charge is 0.378 e. The number of hydrogen-bond donors (Lipinski definition) is 2. The number of carbonyl (C=O) groups is 1. The van der Waals surface area contributed by atoms with Gasteiger partial charge in [-0.25, -0.2) is 4.79 Å². The molecule has 0 saturated heterocycles. The van der Waals surface area contributed by atoms with Gasteiger partial charge in [-0.1, -0.05) is 0 Å². The van der Waals surface area contributed by atoms with Gasteiger partial charge in [0.1, 0.15) is 0 Å². The van der Waals surface area contributed by atoms with Crippen LogP contribution in [0.1, 0.15) is 6.92 Å². The number of esters is 1. The van der Waals surface area contributed by atoms with Crippen LogP contribution in [0.15, 0.2) is 11.5 Å². The summed E-state index contributed by atoms with van der Waals surface area (Å²) in [5, 5.41) is 18.3. The van der Waals surface area contributed by atoms with Gasteiger partial charge < -0.3 is 19.7 Å². The van der Waals surface area contributed by atoms with E-state index in [1.54, 1.807) is 0 Å². The van der Waals surface area contributed by atoms with Gasteiger partial charge in [0, 0.05) is 0 Å². The zero-order valence-corrected chi connectivity index (χ0v) is 6.77. The molecule has 1 aliphatic rings. The Morgan fingerprint density at radius 1 is 1.67 bits per heavy atom. The molecule has 0 aromatic carbocycles. The minimum atomic E-state index is -0.993. The van der Waals surface area contributed by atoms with Gasteiger partial charge in [0.2, 0.25) is 5.76 Å². The highest BCUT2D eigenvalue weighted by Gasteiger charge is 2.38. The van der Waals surface area contributed by atoms with Crippen LogP contribution in [0.3, 0.4) is 0 Å². The van der Waals surface area contributed by atoms with E-state index in [4.69, 9.17) is 5.11 Å². The summed E-state index contributed by atoms with van der Waals surface area (Å²) in [4.78, 5) is 10.9. The van der Waals surface area contributed by atoms with Gasteiger partial charge in [-0.3, -0.25) is 0 Å². The van der Waals surface area contributed by atoms with E-state index < -0.39 is 18.2 Å². The molecule has 2 atom stereocenters. The molecule has 0 unspecified atom stereocenters. The second-order valence-corrected chi connectivity index (χ2v) is 2.49.